The molecule has 0 saturated carbocycles. The van der Waals surface area contributed by atoms with Crippen molar-refractivity contribution in [3.8, 4) is 0 Å². The number of aryl methyl sites for hydroxylation is 1. The molecule has 7 heteroatoms. The maximum atomic E-state index is 13.1. The highest BCUT2D eigenvalue weighted by Crippen LogP contribution is 2.35. The first-order chi connectivity index (χ1) is 11.3. The summed E-state index contributed by atoms with van der Waals surface area (Å²) in [6.07, 6.45) is -2.37. The minimum Gasteiger partial charge on any atom is -0.360 e. The first kappa shape index (κ1) is 18.0. The van der Waals surface area contributed by atoms with Crippen LogP contribution in [0.5, 0.6) is 0 Å². The van der Waals surface area contributed by atoms with Crippen molar-refractivity contribution in [2.45, 2.75) is 32.9 Å². The van der Waals surface area contributed by atoms with Crippen molar-refractivity contribution in [2.75, 3.05) is 23.8 Å². The van der Waals surface area contributed by atoms with Gasteiger partial charge in [-0.2, -0.15) is 18.2 Å². The Bertz CT molecular complexity index is 686. The molecule has 2 rings (SSSR count). The standard InChI is InChI=1S/C17H21F3N4/c1-4-5-10-24(3)15-11-12(2)21-16(23-15)22-14-9-7-6-8-13(14)17(18,19)20/h6-9,11H,4-5,10H2,1-3H3,(H,21,22,23). The molecule has 0 spiro atoms. The Hall–Kier alpha value is -2.31. The number of nitrogens with one attached hydrogen (secondary N) is 1. The summed E-state index contributed by atoms with van der Waals surface area (Å²) in [5.41, 5.74) is -0.107. The first-order valence-electron chi connectivity index (χ1n) is 7.81. The number of para-hydroxylation sites is 1. The number of hydrogen-bond donors (Lipinski definition) is 1. The number of benzene rings is 1. The zero-order valence-electron chi connectivity index (χ0n) is 14.0. The van der Waals surface area contributed by atoms with Crippen molar-refractivity contribution >= 4 is 17.5 Å². The van der Waals surface area contributed by atoms with Crippen LogP contribution in [0.25, 0.3) is 0 Å². The van der Waals surface area contributed by atoms with Gasteiger partial charge in [0.15, 0.2) is 0 Å². The van der Waals surface area contributed by atoms with Crippen molar-refractivity contribution in [1.82, 2.24) is 9.97 Å². The van der Waals surface area contributed by atoms with E-state index < -0.39 is 11.7 Å². The van der Waals surface area contributed by atoms with E-state index in [0.29, 0.717) is 11.5 Å². The van der Waals surface area contributed by atoms with Crippen LogP contribution in [-0.4, -0.2) is 23.6 Å². The number of unbranched alkanes of at least 4 members (excludes halogenated alkanes) is 1. The Labute approximate surface area is 139 Å². The van der Waals surface area contributed by atoms with Crippen LogP contribution in [0.15, 0.2) is 30.3 Å². The van der Waals surface area contributed by atoms with Gasteiger partial charge in [0.05, 0.1) is 11.3 Å². The van der Waals surface area contributed by atoms with Gasteiger partial charge >= 0.3 is 6.18 Å². The van der Waals surface area contributed by atoms with Crippen LogP contribution >= 0.6 is 0 Å². The van der Waals surface area contributed by atoms with E-state index in [0.717, 1.165) is 25.5 Å². The molecule has 0 unspecified atom stereocenters. The average molecular weight is 338 g/mol. The molecule has 0 aliphatic rings. The van der Waals surface area contributed by atoms with E-state index in [1.54, 1.807) is 13.0 Å². The summed E-state index contributed by atoms with van der Waals surface area (Å²) >= 11 is 0. The normalized spacial score (nSPS) is 11.4. The summed E-state index contributed by atoms with van der Waals surface area (Å²) in [5.74, 6) is 0.841. The molecule has 0 fully saturated rings. The number of anilines is 3. The number of alkyl halides is 3. The predicted octanol–water partition coefficient (Wildman–Crippen LogP) is 4.78. The maximum Gasteiger partial charge on any atom is 0.418 e. The summed E-state index contributed by atoms with van der Waals surface area (Å²) in [6.45, 7) is 4.71. The van der Waals surface area contributed by atoms with Gasteiger partial charge in [0.2, 0.25) is 5.95 Å². The Morgan fingerprint density at radius 2 is 1.88 bits per heavy atom. The average Bonchev–Trinajstić information content (AvgIpc) is 2.51. The molecule has 0 saturated heterocycles. The Morgan fingerprint density at radius 1 is 1.17 bits per heavy atom. The first-order valence-corrected chi connectivity index (χ1v) is 7.81. The van der Waals surface area contributed by atoms with Crippen LogP contribution < -0.4 is 10.2 Å². The molecule has 1 N–H and O–H groups in total. The molecule has 0 radical (unpaired) electrons. The lowest BCUT2D eigenvalue weighted by molar-refractivity contribution is -0.136. The molecular weight excluding hydrogens is 317 g/mol. The molecular formula is C17H21F3N4. The fourth-order valence-electron chi connectivity index (χ4n) is 2.27. The second-order valence-electron chi connectivity index (χ2n) is 5.63. The Balaban J connectivity index is 2.30. The summed E-state index contributed by atoms with van der Waals surface area (Å²) in [4.78, 5) is 10.5. The molecule has 4 nitrogen and oxygen atoms in total. The number of halogens is 3. The molecule has 0 aliphatic carbocycles. The lowest BCUT2D eigenvalue weighted by Gasteiger charge is -2.19. The van der Waals surface area contributed by atoms with Crippen LogP contribution in [0.3, 0.4) is 0 Å². The van der Waals surface area contributed by atoms with Crippen molar-refractivity contribution in [1.29, 1.82) is 0 Å². The van der Waals surface area contributed by atoms with Gasteiger partial charge in [-0.05, 0) is 25.5 Å². The number of nitrogens with zero attached hydrogens (tertiary/aromatic N) is 3. The largest absolute Gasteiger partial charge is 0.418 e. The maximum absolute atomic E-state index is 13.1. The molecule has 0 atom stereocenters. The van der Waals surface area contributed by atoms with Gasteiger partial charge in [0.1, 0.15) is 5.82 Å². The van der Waals surface area contributed by atoms with E-state index in [9.17, 15) is 13.2 Å². The molecule has 0 amide bonds. The van der Waals surface area contributed by atoms with Gasteiger partial charge in [0.25, 0.3) is 0 Å². The van der Waals surface area contributed by atoms with E-state index in [-0.39, 0.29) is 11.6 Å². The van der Waals surface area contributed by atoms with Crippen LogP contribution in [-0.2, 0) is 6.18 Å². The van der Waals surface area contributed by atoms with Crippen LogP contribution in [0.1, 0.15) is 31.0 Å². The third-order valence-electron chi connectivity index (χ3n) is 3.56. The molecule has 1 aromatic carbocycles. The molecule has 0 aliphatic heterocycles. The summed E-state index contributed by atoms with van der Waals surface area (Å²) in [7, 11) is 1.91. The summed E-state index contributed by atoms with van der Waals surface area (Å²) < 4.78 is 39.3. The second-order valence-corrected chi connectivity index (χ2v) is 5.63. The summed E-state index contributed by atoms with van der Waals surface area (Å²) in [5, 5.41) is 2.70. The molecule has 1 heterocycles. The van der Waals surface area contributed by atoms with E-state index in [1.165, 1.54) is 12.1 Å². The van der Waals surface area contributed by atoms with E-state index in [4.69, 9.17) is 0 Å². The highest BCUT2D eigenvalue weighted by atomic mass is 19.4. The minimum absolute atomic E-state index is 0.0576. The van der Waals surface area contributed by atoms with Gasteiger partial charge in [-0.15, -0.1) is 0 Å². The van der Waals surface area contributed by atoms with E-state index >= 15 is 0 Å². The Morgan fingerprint density at radius 3 is 2.54 bits per heavy atom. The highest BCUT2D eigenvalue weighted by Gasteiger charge is 2.33. The third kappa shape index (κ3) is 4.59. The van der Waals surface area contributed by atoms with Crippen LogP contribution in [0, 0.1) is 6.92 Å². The van der Waals surface area contributed by atoms with Gasteiger partial charge in [-0.1, -0.05) is 25.5 Å². The van der Waals surface area contributed by atoms with Gasteiger partial charge in [-0.3, -0.25) is 0 Å². The van der Waals surface area contributed by atoms with Gasteiger partial charge in [0, 0.05) is 25.4 Å². The highest BCUT2D eigenvalue weighted by molar-refractivity contribution is 5.60. The predicted molar refractivity (Wildman–Crippen MR) is 89.7 cm³/mol. The lowest BCUT2D eigenvalue weighted by Crippen LogP contribution is -2.20. The zero-order valence-corrected chi connectivity index (χ0v) is 14.0. The fourth-order valence-corrected chi connectivity index (χ4v) is 2.27. The molecule has 0 bridgehead atoms. The molecule has 130 valence electrons. The third-order valence-corrected chi connectivity index (χ3v) is 3.56. The Kier molecular flexibility index (Phi) is 5.64. The zero-order chi connectivity index (χ0) is 17.7. The monoisotopic (exact) mass is 338 g/mol. The quantitative estimate of drug-likeness (QED) is 0.823. The van der Waals surface area contributed by atoms with Crippen molar-refractivity contribution in [2.24, 2.45) is 0 Å². The summed E-state index contributed by atoms with van der Waals surface area (Å²) in [6, 6.07) is 7.12. The number of hydrogen-bond acceptors (Lipinski definition) is 4. The number of rotatable bonds is 6. The van der Waals surface area contributed by atoms with Crippen molar-refractivity contribution < 1.29 is 13.2 Å². The van der Waals surface area contributed by atoms with Gasteiger partial charge in [-0.25, -0.2) is 4.98 Å². The minimum atomic E-state index is -4.44. The molecule has 24 heavy (non-hydrogen) atoms. The van der Waals surface area contributed by atoms with Crippen LogP contribution in [0.4, 0.5) is 30.6 Å². The van der Waals surface area contributed by atoms with Gasteiger partial charge < -0.3 is 10.2 Å². The van der Waals surface area contributed by atoms with Crippen LogP contribution in [0.2, 0.25) is 0 Å². The smallest absolute Gasteiger partial charge is 0.360 e. The fraction of sp³-hybridized carbons (Fsp3) is 0.412. The molecule has 1 aromatic heterocycles. The number of aromatic nitrogens is 2. The van der Waals surface area contributed by atoms with E-state index in [2.05, 4.69) is 22.2 Å². The second kappa shape index (κ2) is 7.51. The van der Waals surface area contributed by atoms with E-state index in [1.807, 2.05) is 18.0 Å². The SMILES string of the molecule is CCCCN(C)c1cc(C)nc(Nc2ccccc2C(F)(F)F)n1. The van der Waals surface area contributed by atoms with Crippen molar-refractivity contribution in [3.05, 3.63) is 41.6 Å². The van der Waals surface area contributed by atoms with Crippen molar-refractivity contribution in [3.63, 3.8) is 0 Å². The molecule has 2 aromatic rings. The topological polar surface area (TPSA) is 41.1 Å². The lowest BCUT2D eigenvalue weighted by atomic mass is 10.1.